The van der Waals surface area contributed by atoms with Gasteiger partial charge in [0.15, 0.2) is 5.96 Å². The van der Waals surface area contributed by atoms with Crippen molar-refractivity contribution in [2.75, 3.05) is 44.2 Å². The van der Waals surface area contributed by atoms with Crippen molar-refractivity contribution >= 4 is 11.6 Å². The summed E-state index contributed by atoms with van der Waals surface area (Å²) in [6, 6.07) is 7.72. The summed E-state index contributed by atoms with van der Waals surface area (Å²) >= 11 is 0. The monoisotopic (exact) mass is 409 g/mol. The summed E-state index contributed by atoms with van der Waals surface area (Å²) in [5.41, 5.74) is 0.712. The maximum atomic E-state index is 12.7. The minimum absolute atomic E-state index is 0.207. The van der Waals surface area contributed by atoms with Gasteiger partial charge in [0.25, 0.3) is 0 Å². The summed E-state index contributed by atoms with van der Waals surface area (Å²) < 4.78 is 30.1. The fraction of sp³-hybridized carbons (Fsp3) is 0.667. The molecule has 0 bridgehead atoms. The first-order valence-electron chi connectivity index (χ1n) is 10.7. The topological polar surface area (TPSA) is 52.1 Å². The number of ether oxygens (including phenoxy) is 1. The number of rotatable bonds is 8. The van der Waals surface area contributed by atoms with E-state index in [1.165, 1.54) is 19.4 Å². The number of likely N-dealkylation sites (tertiary alicyclic amines) is 1. The highest BCUT2D eigenvalue weighted by Crippen LogP contribution is 2.31. The number of hydrogen-bond donors (Lipinski definition) is 2. The predicted molar refractivity (Wildman–Crippen MR) is 113 cm³/mol. The minimum Gasteiger partial charge on any atom is -0.433 e. The number of para-hydroxylation sites is 2. The van der Waals surface area contributed by atoms with Crippen LogP contribution in [0.4, 0.5) is 14.5 Å². The number of likely N-dealkylation sites (N-methyl/N-ethyl adjacent to an activating group) is 1. The number of aliphatic imine (C=N–C) groups is 1. The molecule has 0 saturated carbocycles. The zero-order chi connectivity index (χ0) is 20.6. The van der Waals surface area contributed by atoms with Gasteiger partial charge in [0, 0.05) is 31.7 Å². The molecule has 2 fully saturated rings. The third-order valence-electron chi connectivity index (χ3n) is 5.66. The Balaban J connectivity index is 1.59. The van der Waals surface area contributed by atoms with Crippen LogP contribution >= 0.6 is 0 Å². The lowest BCUT2D eigenvalue weighted by Crippen LogP contribution is -2.45. The van der Waals surface area contributed by atoms with Crippen LogP contribution in [0.5, 0.6) is 5.75 Å². The molecule has 29 heavy (non-hydrogen) atoms. The second-order valence-corrected chi connectivity index (χ2v) is 7.57. The van der Waals surface area contributed by atoms with E-state index in [0.717, 1.165) is 45.1 Å². The van der Waals surface area contributed by atoms with Crippen LogP contribution in [0.2, 0.25) is 0 Å². The molecule has 0 spiro atoms. The fourth-order valence-electron chi connectivity index (χ4n) is 4.24. The Morgan fingerprint density at radius 1 is 1.24 bits per heavy atom. The number of nitrogens with zero attached hydrogens (tertiary/aromatic N) is 3. The van der Waals surface area contributed by atoms with Crippen molar-refractivity contribution in [1.29, 1.82) is 0 Å². The highest BCUT2D eigenvalue weighted by atomic mass is 19.3. The molecule has 2 aliphatic rings. The Morgan fingerprint density at radius 2 is 2.07 bits per heavy atom. The zero-order valence-corrected chi connectivity index (χ0v) is 17.4. The molecule has 0 aliphatic carbocycles. The number of anilines is 1. The van der Waals surface area contributed by atoms with Gasteiger partial charge >= 0.3 is 6.61 Å². The van der Waals surface area contributed by atoms with E-state index in [0.29, 0.717) is 11.7 Å². The Morgan fingerprint density at radius 3 is 2.83 bits per heavy atom. The van der Waals surface area contributed by atoms with E-state index in [9.17, 15) is 8.78 Å². The average molecular weight is 410 g/mol. The molecule has 0 radical (unpaired) electrons. The van der Waals surface area contributed by atoms with E-state index in [-0.39, 0.29) is 11.8 Å². The molecule has 3 rings (SSSR count). The molecule has 6 nitrogen and oxygen atoms in total. The first-order valence-corrected chi connectivity index (χ1v) is 10.7. The number of halogens is 2. The second kappa shape index (κ2) is 10.6. The van der Waals surface area contributed by atoms with Crippen molar-refractivity contribution in [1.82, 2.24) is 15.5 Å². The van der Waals surface area contributed by atoms with Crippen LogP contribution in [0.1, 0.15) is 33.1 Å². The summed E-state index contributed by atoms with van der Waals surface area (Å²) in [7, 11) is 0. The van der Waals surface area contributed by atoms with Gasteiger partial charge in [-0.3, -0.25) is 9.89 Å². The number of hydrogen-bond acceptors (Lipinski definition) is 4. The first-order chi connectivity index (χ1) is 14.1. The summed E-state index contributed by atoms with van der Waals surface area (Å²) in [4.78, 5) is 9.40. The standard InChI is InChI=1S/C21H33F2N5O/c1-3-24-21(25-14-17-8-7-12-27(17)4-2)26-16-11-13-28(15-16)18-9-5-6-10-19(18)29-20(22)23/h5-6,9-10,16-17,20H,3-4,7-8,11-15H2,1-2H3,(H2,24,25,26). The molecule has 2 aliphatic heterocycles. The number of alkyl halides is 2. The van der Waals surface area contributed by atoms with Crippen molar-refractivity contribution in [3.05, 3.63) is 24.3 Å². The molecular weight excluding hydrogens is 376 g/mol. The molecule has 0 aromatic heterocycles. The molecular formula is C21H33F2N5O. The Labute approximate surface area is 172 Å². The van der Waals surface area contributed by atoms with Crippen molar-refractivity contribution in [2.45, 2.75) is 51.8 Å². The summed E-state index contributed by atoms with van der Waals surface area (Å²) in [6.45, 7) is 6.78. The van der Waals surface area contributed by atoms with Gasteiger partial charge in [-0.2, -0.15) is 8.78 Å². The molecule has 2 N–H and O–H groups in total. The lowest BCUT2D eigenvalue weighted by Gasteiger charge is -2.23. The van der Waals surface area contributed by atoms with Gasteiger partial charge in [-0.1, -0.05) is 19.1 Å². The third kappa shape index (κ3) is 5.95. The minimum atomic E-state index is -2.82. The Kier molecular flexibility index (Phi) is 7.91. The van der Waals surface area contributed by atoms with Crippen molar-refractivity contribution < 1.29 is 13.5 Å². The maximum absolute atomic E-state index is 12.7. The molecule has 2 atom stereocenters. The van der Waals surface area contributed by atoms with Gasteiger partial charge in [-0.05, 0) is 51.4 Å². The van der Waals surface area contributed by atoms with E-state index in [2.05, 4.69) is 34.3 Å². The molecule has 2 unspecified atom stereocenters. The predicted octanol–water partition coefficient (Wildman–Crippen LogP) is 2.91. The smallest absolute Gasteiger partial charge is 0.387 e. The van der Waals surface area contributed by atoms with Crippen LogP contribution in [0.3, 0.4) is 0 Å². The highest BCUT2D eigenvalue weighted by Gasteiger charge is 2.27. The second-order valence-electron chi connectivity index (χ2n) is 7.57. The fourth-order valence-corrected chi connectivity index (χ4v) is 4.24. The largest absolute Gasteiger partial charge is 0.433 e. The van der Waals surface area contributed by atoms with E-state index < -0.39 is 6.61 Å². The number of guanidine groups is 1. The van der Waals surface area contributed by atoms with Crippen LogP contribution < -0.4 is 20.3 Å². The van der Waals surface area contributed by atoms with Gasteiger partial charge in [0.2, 0.25) is 0 Å². The summed E-state index contributed by atoms with van der Waals surface area (Å²) in [5.74, 6) is 1.06. The van der Waals surface area contributed by atoms with Gasteiger partial charge in [0.1, 0.15) is 5.75 Å². The van der Waals surface area contributed by atoms with E-state index in [1.807, 2.05) is 12.1 Å². The molecule has 0 amide bonds. The van der Waals surface area contributed by atoms with Crippen LogP contribution in [-0.2, 0) is 0 Å². The van der Waals surface area contributed by atoms with E-state index in [1.54, 1.807) is 12.1 Å². The maximum Gasteiger partial charge on any atom is 0.387 e. The highest BCUT2D eigenvalue weighted by molar-refractivity contribution is 5.80. The lowest BCUT2D eigenvalue weighted by atomic mass is 10.2. The van der Waals surface area contributed by atoms with Gasteiger partial charge in [-0.15, -0.1) is 0 Å². The van der Waals surface area contributed by atoms with Crippen LogP contribution in [-0.4, -0.2) is 68.8 Å². The van der Waals surface area contributed by atoms with E-state index in [4.69, 9.17) is 9.73 Å². The molecule has 1 aromatic rings. The van der Waals surface area contributed by atoms with Crippen molar-refractivity contribution in [3.63, 3.8) is 0 Å². The first kappa shape index (κ1) is 21.6. The molecule has 1 aromatic carbocycles. The van der Waals surface area contributed by atoms with Gasteiger partial charge in [-0.25, -0.2) is 0 Å². The van der Waals surface area contributed by atoms with Crippen molar-refractivity contribution in [3.8, 4) is 5.75 Å². The van der Waals surface area contributed by atoms with Crippen LogP contribution in [0.25, 0.3) is 0 Å². The number of nitrogens with one attached hydrogen (secondary N) is 2. The number of benzene rings is 1. The quantitative estimate of drug-likeness (QED) is 0.511. The average Bonchev–Trinajstić information content (AvgIpc) is 3.35. The summed E-state index contributed by atoms with van der Waals surface area (Å²) in [5, 5.41) is 6.86. The van der Waals surface area contributed by atoms with E-state index >= 15 is 0 Å². The van der Waals surface area contributed by atoms with Gasteiger partial charge in [0.05, 0.1) is 12.2 Å². The van der Waals surface area contributed by atoms with Crippen LogP contribution in [0, 0.1) is 0 Å². The lowest BCUT2D eigenvalue weighted by molar-refractivity contribution is -0.0495. The van der Waals surface area contributed by atoms with Gasteiger partial charge < -0.3 is 20.3 Å². The molecule has 2 saturated heterocycles. The summed E-state index contributed by atoms with van der Waals surface area (Å²) in [6.07, 6.45) is 3.36. The Hall–Kier alpha value is -2.09. The molecule has 2 heterocycles. The SMILES string of the molecule is CCNC(=NCC1CCCN1CC)NC1CCN(c2ccccc2OC(F)F)C1. The third-order valence-corrected chi connectivity index (χ3v) is 5.66. The van der Waals surface area contributed by atoms with Crippen LogP contribution in [0.15, 0.2) is 29.3 Å². The Bertz CT molecular complexity index is 672. The zero-order valence-electron chi connectivity index (χ0n) is 17.4. The van der Waals surface area contributed by atoms with Crippen molar-refractivity contribution in [2.24, 2.45) is 4.99 Å². The molecule has 8 heteroatoms. The normalized spacial score (nSPS) is 23.1. The molecule has 162 valence electrons.